The molecule has 112 valence electrons. The highest BCUT2D eigenvalue weighted by atomic mass is 19.4. The van der Waals surface area contributed by atoms with E-state index in [0.29, 0.717) is 5.69 Å². The van der Waals surface area contributed by atoms with Crippen LogP contribution in [0.5, 0.6) is 0 Å². The zero-order valence-corrected chi connectivity index (χ0v) is 11.0. The standard InChI is InChI=1S/C13H12F3N3O2/c1-19-7-9(11(18-19)13(14,15)16)8-21-12(20)17-10-5-3-2-4-6-10/h2-7H,8H2,1H3,(H,17,20). The highest BCUT2D eigenvalue weighted by molar-refractivity contribution is 5.84. The molecule has 1 amide bonds. The molecule has 1 N–H and O–H groups in total. The first-order chi connectivity index (χ1) is 9.86. The van der Waals surface area contributed by atoms with Crippen molar-refractivity contribution in [2.24, 2.45) is 7.05 Å². The second-order valence-electron chi connectivity index (χ2n) is 4.24. The van der Waals surface area contributed by atoms with Crippen LogP contribution in [0.15, 0.2) is 36.5 Å². The van der Waals surface area contributed by atoms with E-state index in [2.05, 4.69) is 10.4 Å². The molecule has 0 unspecified atom stereocenters. The molecule has 0 aliphatic carbocycles. The van der Waals surface area contributed by atoms with Gasteiger partial charge in [0.25, 0.3) is 0 Å². The number of nitrogens with one attached hydrogen (secondary N) is 1. The van der Waals surface area contributed by atoms with Crippen LogP contribution in [-0.2, 0) is 24.6 Å². The van der Waals surface area contributed by atoms with Gasteiger partial charge in [-0.3, -0.25) is 10.00 Å². The normalized spacial score (nSPS) is 11.2. The summed E-state index contributed by atoms with van der Waals surface area (Å²) >= 11 is 0. The van der Waals surface area contributed by atoms with E-state index in [4.69, 9.17) is 4.74 Å². The summed E-state index contributed by atoms with van der Waals surface area (Å²) in [6.07, 6.45) is -4.26. The Bertz CT molecular complexity index is 623. The van der Waals surface area contributed by atoms with Crippen molar-refractivity contribution < 1.29 is 22.7 Å². The molecule has 8 heteroatoms. The number of nitrogens with zero attached hydrogens (tertiary/aromatic N) is 2. The molecule has 1 aromatic carbocycles. The second-order valence-corrected chi connectivity index (χ2v) is 4.24. The van der Waals surface area contributed by atoms with Gasteiger partial charge in [0.05, 0.1) is 0 Å². The van der Waals surface area contributed by atoms with Gasteiger partial charge < -0.3 is 4.74 Å². The van der Waals surface area contributed by atoms with Gasteiger partial charge in [-0.25, -0.2) is 4.79 Å². The van der Waals surface area contributed by atoms with Gasteiger partial charge in [-0.2, -0.15) is 18.3 Å². The Morgan fingerprint density at radius 3 is 2.62 bits per heavy atom. The minimum Gasteiger partial charge on any atom is -0.444 e. The van der Waals surface area contributed by atoms with Gasteiger partial charge in [0.2, 0.25) is 0 Å². The van der Waals surface area contributed by atoms with Crippen molar-refractivity contribution in [2.45, 2.75) is 12.8 Å². The van der Waals surface area contributed by atoms with Crippen molar-refractivity contribution in [3.63, 3.8) is 0 Å². The van der Waals surface area contributed by atoms with Gasteiger partial charge >= 0.3 is 12.3 Å². The molecule has 0 aliphatic heterocycles. The summed E-state index contributed by atoms with van der Waals surface area (Å²) in [5.74, 6) is 0. The number of alkyl halides is 3. The molecular formula is C13H12F3N3O2. The number of hydrogen-bond acceptors (Lipinski definition) is 3. The third kappa shape index (κ3) is 3.98. The molecule has 0 bridgehead atoms. The molecule has 0 saturated carbocycles. The molecule has 1 aromatic heterocycles. The minimum atomic E-state index is -4.59. The van der Waals surface area contributed by atoms with E-state index < -0.39 is 24.6 Å². The smallest absolute Gasteiger partial charge is 0.435 e. The Hall–Kier alpha value is -2.51. The van der Waals surface area contributed by atoms with E-state index >= 15 is 0 Å². The Kier molecular flexibility index (Phi) is 4.15. The highest BCUT2D eigenvalue weighted by Gasteiger charge is 2.37. The minimum absolute atomic E-state index is 0.201. The molecule has 0 atom stereocenters. The van der Waals surface area contributed by atoms with Crippen LogP contribution in [0.2, 0.25) is 0 Å². The first kappa shape index (κ1) is 14.9. The van der Waals surface area contributed by atoms with Crippen LogP contribution >= 0.6 is 0 Å². The number of amides is 1. The van der Waals surface area contributed by atoms with Crippen LogP contribution in [0.3, 0.4) is 0 Å². The Labute approximate surface area is 118 Å². The zero-order valence-electron chi connectivity index (χ0n) is 11.0. The van der Waals surface area contributed by atoms with E-state index in [0.717, 1.165) is 4.68 Å². The van der Waals surface area contributed by atoms with E-state index in [1.54, 1.807) is 30.3 Å². The first-order valence-electron chi connectivity index (χ1n) is 5.95. The largest absolute Gasteiger partial charge is 0.444 e. The predicted octanol–water partition coefficient (Wildman–Crippen LogP) is 3.19. The van der Waals surface area contributed by atoms with Crippen LogP contribution in [0.4, 0.5) is 23.7 Å². The summed E-state index contributed by atoms with van der Waals surface area (Å²) in [5.41, 5.74) is -0.768. The van der Waals surface area contributed by atoms with Crippen molar-refractivity contribution >= 4 is 11.8 Å². The van der Waals surface area contributed by atoms with Crippen molar-refractivity contribution in [2.75, 3.05) is 5.32 Å². The molecule has 2 aromatic rings. The zero-order chi connectivity index (χ0) is 15.5. The van der Waals surface area contributed by atoms with E-state index in [1.807, 2.05) is 0 Å². The summed E-state index contributed by atoms with van der Waals surface area (Å²) in [5, 5.41) is 5.73. The lowest BCUT2D eigenvalue weighted by molar-refractivity contribution is -0.142. The number of halogens is 3. The number of aromatic nitrogens is 2. The molecule has 0 saturated heterocycles. The number of para-hydroxylation sites is 1. The maximum absolute atomic E-state index is 12.7. The molecular weight excluding hydrogens is 287 g/mol. The number of carbonyl (C=O) groups is 1. The summed E-state index contributed by atoms with van der Waals surface area (Å²) < 4.78 is 43.9. The summed E-state index contributed by atoms with van der Waals surface area (Å²) in [6.45, 7) is -0.513. The maximum atomic E-state index is 12.7. The number of carbonyl (C=O) groups excluding carboxylic acids is 1. The lowest BCUT2D eigenvalue weighted by Gasteiger charge is -2.08. The number of anilines is 1. The topological polar surface area (TPSA) is 56.1 Å². The molecule has 1 heterocycles. The number of benzene rings is 1. The molecule has 21 heavy (non-hydrogen) atoms. The Balaban J connectivity index is 1.99. The fourth-order valence-corrected chi connectivity index (χ4v) is 1.70. The van der Waals surface area contributed by atoms with Crippen LogP contribution in [0, 0.1) is 0 Å². The maximum Gasteiger partial charge on any atom is 0.435 e. The fourth-order valence-electron chi connectivity index (χ4n) is 1.70. The molecule has 0 spiro atoms. The van der Waals surface area contributed by atoms with Crippen LogP contribution in [0.1, 0.15) is 11.3 Å². The van der Waals surface area contributed by atoms with Crippen LogP contribution in [-0.4, -0.2) is 15.9 Å². The van der Waals surface area contributed by atoms with Crippen molar-refractivity contribution in [3.05, 3.63) is 47.8 Å². The first-order valence-corrected chi connectivity index (χ1v) is 5.95. The number of rotatable bonds is 3. The average molecular weight is 299 g/mol. The average Bonchev–Trinajstić information content (AvgIpc) is 2.79. The predicted molar refractivity (Wildman–Crippen MR) is 68.5 cm³/mol. The number of ether oxygens (including phenoxy) is 1. The fraction of sp³-hybridized carbons (Fsp3) is 0.231. The molecule has 0 radical (unpaired) electrons. The monoisotopic (exact) mass is 299 g/mol. The SMILES string of the molecule is Cn1cc(COC(=O)Nc2ccccc2)c(C(F)(F)F)n1. The van der Waals surface area contributed by atoms with Gasteiger partial charge in [0.15, 0.2) is 5.69 Å². The quantitative estimate of drug-likeness (QED) is 0.947. The summed E-state index contributed by atoms with van der Waals surface area (Å²) in [4.78, 5) is 11.5. The third-order valence-electron chi connectivity index (χ3n) is 2.55. The molecule has 2 rings (SSSR count). The third-order valence-corrected chi connectivity index (χ3v) is 2.55. The molecule has 5 nitrogen and oxygen atoms in total. The van der Waals surface area contributed by atoms with Crippen LogP contribution < -0.4 is 5.32 Å². The lowest BCUT2D eigenvalue weighted by Crippen LogP contribution is -2.15. The van der Waals surface area contributed by atoms with Gasteiger partial charge in [-0.15, -0.1) is 0 Å². The van der Waals surface area contributed by atoms with Crippen molar-refractivity contribution in [1.29, 1.82) is 0 Å². The van der Waals surface area contributed by atoms with E-state index in [-0.39, 0.29) is 5.56 Å². The summed E-state index contributed by atoms with van der Waals surface area (Å²) in [7, 11) is 1.36. The van der Waals surface area contributed by atoms with Gasteiger partial charge in [-0.1, -0.05) is 18.2 Å². The Morgan fingerprint density at radius 2 is 2.00 bits per heavy atom. The number of hydrogen-bond donors (Lipinski definition) is 1. The highest BCUT2D eigenvalue weighted by Crippen LogP contribution is 2.30. The Morgan fingerprint density at radius 1 is 1.33 bits per heavy atom. The van der Waals surface area contributed by atoms with E-state index in [9.17, 15) is 18.0 Å². The van der Waals surface area contributed by atoms with Gasteiger partial charge in [0, 0.05) is 24.5 Å². The van der Waals surface area contributed by atoms with Crippen molar-refractivity contribution in [3.8, 4) is 0 Å². The number of aryl methyl sites for hydroxylation is 1. The lowest BCUT2D eigenvalue weighted by atomic mass is 10.2. The summed E-state index contributed by atoms with van der Waals surface area (Å²) in [6, 6.07) is 8.44. The van der Waals surface area contributed by atoms with Crippen molar-refractivity contribution in [1.82, 2.24) is 9.78 Å². The van der Waals surface area contributed by atoms with Crippen LogP contribution in [0.25, 0.3) is 0 Å². The molecule has 0 aliphatic rings. The molecule has 0 fully saturated rings. The van der Waals surface area contributed by atoms with Gasteiger partial charge in [0.1, 0.15) is 6.61 Å². The van der Waals surface area contributed by atoms with Gasteiger partial charge in [-0.05, 0) is 12.1 Å². The second kappa shape index (κ2) is 5.86. The van der Waals surface area contributed by atoms with E-state index in [1.165, 1.54) is 13.2 Å².